The Labute approximate surface area is 191 Å². The monoisotopic (exact) mass is 459 g/mol. The van der Waals surface area contributed by atoms with Crippen molar-refractivity contribution in [2.24, 2.45) is 5.92 Å². The highest BCUT2D eigenvalue weighted by Crippen LogP contribution is 2.35. The van der Waals surface area contributed by atoms with E-state index in [1.54, 1.807) is 11.0 Å². The topological polar surface area (TPSA) is 52.7 Å². The van der Waals surface area contributed by atoms with E-state index in [0.717, 1.165) is 24.6 Å². The lowest BCUT2D eigenvalue weighted by molar-refractivity contribution is -0.138. The number of hydrogen-bond acceptors (Lipinski definition) is 3. The van der Waals surface area contributed by atoms with Crippen molar-refractivity contribution in [3.63, 3.8) is 0 Å². The first-order chi connectivity index (χ1) is 15.8. The molecule has 0 bridgehead atoms. The summed E-state index contributed by atoms with van der Waals surface area (Å²) in [5, 5.41) is 2.91. The van der Waals surface area contributed by atoms with E-state index in [9.17, 15) is 22.8 Å². The van der Waals surface area contributed by atoms with Gasteiger partial charge >= 0.3 is 6.18 Å². The van der Waals surface area contributed by atoms with Crippen LogP contribution in [0.5, 0.6) is 0 Å². The fourth-order valence-corrected chi connectivity index (χ4v) is 4.34. The normalized spacial score (nSPS) is 17.3. The third kappa shape index (κ3) is 6.13. The van der Waals surface area contributed by atoms with Gasteiger partial charge in [0.1, 0.15) is 0 Å². The molecule has 2 aromatic carbocycles. The van der Waals surface area contributed by atoms with Crippen molar-refractivity contribution in [3.05, 3.63) is 65.7 Å². The van der Waals surface area contributed by atoms with E-state index in [0.29, 0.717) is 25.9 Å². The Morgan fingerprint density at radius 3 is 2.21 bits per heavy atom. The summed E-state index contributed by atoms with van der Waals surface area (Å²) < 4.78 is 40.1. The van der Waals surface area contributed by atoms with E-state index < -0.39 is 11.7 Å². The second-order valence-corrected chi connectivity index (χ2v) is 8.80. The summed E-state index contributed by atoms with van der Waals surface area (Å²) in [6.07, 6.45) is -1.49. The number of amides is 2. The molecule has 33 heavy (non-hydrogen) atoms. The third-order valence-electron chi connectivity index (χ3n) is 6.36. The van der Waals surface area contributed by atoms with Crippen LogP contribution in [0.25, 0.3) is 0 Å². The van der Waals surface area contributed by atoms with Crippen LogP contribution >= 0.6 is 0 Å². The fraction of sp³-hybridized carbons (Fsp3) is 0.440. The van der Waals surface area contributed by atoms with E-state index in [1.165, 1.54) is 12.1 Å². The van der Waals surface area contributed by atoms with Crippen LogP contribution < -0.4 is 5.32 Å². The van der Waals surface area contributed by atoms with Crippen molar-refractivity contribution in [3.8, 4) is 0 Å². The number of halogens is 3. The molecular weight excluding hydrogens is 431 g/mol. The van der Waals surface area contributed by atoms with Crippen LogP contribution in [0.3, 0.4) is 0 Å². The lowest BCUT2D eigenvalue weighted by Gasteiger charge is -2.33. The lowest BCUT2D eigenvalue weighted by atomic mass is 9.95. The molecule has 1 aliphatic carbocycles. The van der Waals surface area contributed by atoms with Gasteiger partial charge < -0.3 is 10.2 Å². The summed E-state index contributed by atoms with van der Waals surface area (Å²) >= 11 is 0. The van der Waals surface area contributed by atoms with Gasteiger partial charge in [0.25, 0.3) is 0 Å². The van der Waals surface area contributed by atoms with E-state index >= 15 is 0 Å². The van der Waals surface area contributed by atoms with Crippen LogP contribution in [0.1, 0.15) is 36.8 Å². The van der Waals surface area contributed by atoms with Gasteiger partial charge in [0, 0.05) is 37.3 Å². The predicted molar refractivity (Wildman–Crippen MR) is 119 cm³/mol. The van der Waals surface area contributed by atoms with Gasteiger partial charge in [-0.2, -0.15) is 13.2 Å². The summed E-state index contributed by atoms with van der Waals surface area (Å²) in [5.41, 5.74) is 0.301. The number of rotatable bonds is 7. The molecule has 1 saturated carbocycles. The van der Waals surface area contributed by atoms with Gasteiger partial charge in [0.15, 0.2) is 0 Å². The first kappa shape index (κ1) is 23.3. The molecule has 0 radical (unpaired) electrons. The minimum absolute atomic E-state index is 0.0448. The van der Waals surface area contributed by atoms with Crippen molar-refractivity contribution >= 4 is 17.5 Å². The van der Waals surface area contributed by atoms with Crippen molar-refractivity contribution in [1.29, 1.82) is 0 Å². The number of alkyl halides is 3. The molecule has 0 atom stereocenters. The highest BCUT2D eigenvalue weighted by Gasteiger charge is 2.37. The zero-order valence-corrected chi connectivity index (χ0v) is 18.4. The molecule has 2 aromatic rings. The lowest BCUT2D eigenvalue weighted by Crippen LogP contribution is -2.46. The Bertz CT molecular complexity index is 968. The Balaban J connectivity index is 1.32. The highest BCUT2D eigenvalue weighted by atomic mass is 19.4. The second-order valence-electron chi connectivity index (χ2n) is 8.80. The SMILES string of the molecule is O=C(Nc1ccccc1)C1CCN(C(=O)CN(Cc2ccccc2C(F)(F)F)C2CC2)CC1. The first-order valence-corrected chi connectivity index (χ1v) is 11.3. The van der Waals surface area contributed by atoms with Crippen LogP contribution in [-0.4, -0.2) is 47.3 Å². The quantitative estimate of drug-likeness (QED) is 0.661. The maximum Gasteiger partial charge on any atom is 0.416 e. The van der Waals surface area contributed by atoms with Crippen molar-refractivity contribution in [2.75, 3.05) is 25.0 Å². The average molecular weight is 460 g/mol. The minimum atomic E-state index is -4.42. The number of likely N-dealkylation sites (tertiary alicyclic amines) is 1. The molecule has 2 aliphatic rings. The summed E-state index contributed by atoms with van der Waals surface area (Å²) in [6.45, 7) is 1.15. The van der Waals surface area contributed by atoms with Crippen LogP contribution in [0.2, 0.25) is 0 Å². The third-order valence-corrected chi connectivity index (χ3v) is 6.36. The van der Waals surface area contributed by atoms with Gasteiger partial charge in [-0.05, 0) is 49.4 Å². The van der Waals surface area contributed by atoms with Crippen LogP contribution in [0, 0.1) is 5.92 Å². The minimum Gasteiger partial charge on any atom is -0.342 e. The van der Waals surface area contributed by atoms with Crippen LogP contribution in [-0.2, 0) is 22.3 Å². The Morgan fingerprint density at radius 1 is 0.939 bits per heavy atom. The predicted octanol–water partition coefficient (Wildman–Crippen LogP) is 4.55. The van der Waals surface area contributed by atoms with E-state index in [1.807, 2.05) is 35.2 Å². The Kier molecular flexibility index (Phi) is 7.02. The maximum absolute atomic E-state index is 13.4. The zero-order valence-electron chi connectivity index (χ0n) is 18.4. The molecule has 5 nitrogen and oxygen atoms in total. The highest BCUT2D eigenvalue weighted by molar-refractivity contribution is 5.92. The maximum atomic E-state index is 13.4. The van der Waals surface area contributed by atoms with Crippen LogP contribution in [0.15, 0.2) is 54.6 Å². The van der Waals surface area contributed by atoms with E-state index in [2.05, 4.69) is 5.32 Å². The number of benzene rings is 2. The molecular formula is C25H28F3N3O2. The van der Waals surface area contributed by atoms with Gasteiger partial charge in [-0.3, -0.25) is 14.5 Å². The van der Waals surface area contributed by atoms with Gasteiger partial charge in [-0.25, -0.2) is 0 Å². The molecule has 0 unspecified atom stereocenters. The number of nitrogens with one attached hydrogen (secondary N) is 1. The largest absolute Gasteiger partial charge is 0.416 e. The number of piperidine rings is 1. The zero-order chi connectivity index (χ0) is 23.4. The Morgan fingerprint density at radius 2 is 1.58 bits per heavy atom. The second kappa shape index (κ2) is 9.95. The standard InChI is InChI=1S/C25H28F3N3O2/c26-25(27,28)22-9-5-4-6-19(22)16-31(21-10-11-21)17-23(32)30-14-12-18(13-15-30)24(33)29-20-7-2-1-3-8-20/h1-9,18,21H,10-17H2,(H,29,33). The average Bonchev–Trinajstić information content (AvgIpc) is 3.64. The molecule has 2 fully saturated rings. The van der Waals surface area contributed by atoms with E-state index in [4.69, 9.17) is 0 Å². The molecule has 1 aliphatic heterocycles. The summed E-state index contributed by atoms with van der Waals surface area (Å²) in [4.78, 5) is 29.1. The molecule has 0 spiro atoms. The Hall–Kier alpha value is -2.87. The number of hydrogen-bond donors (Lipinski definition) is 1. The van der Waals surface area contributed by atoms with Gasteiger partial charge in [-0.1, -0.05) is 36.4 Å². The van der Waals surface area contributed by atoms with Crippen molar-refractivity contribution in [2.45, 2.75) is 44.4 Å². The number of carbonyl (C=O) groups is 2. The fourth-order valence-electron chi connectivity index (χ4n) is 4.34. The molecule has 1 N–H and O–H groups in total. The number of nitrogens with zero attached hydrogens (tertiary/aromatic N) is 2. The molecule has 1 saturated heterocycles. The van der Waals surface area contributed by atoms with Crippen LogP contribution in [0.4, 0.5) is 18.9 Å². The molecule has 2 amide bonds. The summed E-state index contributed by atoms with van der Waals surface area (Å²) in [5.74, 6) is -0.294. The van der Waals surface area contributed by atoms with Gasteiger partial charge in [0.2, 0.25) is 11.8 Å². The number of carbonyl (C=O) groups excluding carboxylic acids is 2. The smallest absolute Gasteiger partial charge is 0.342 e. The van der Waals surface area contributed by atoms with Crippen molar-refractivity contribution < 1.29 is 22.8 Å². The number of anilines is 1. The van der Waals surface area contributed by atoms with Gasteiger partial charge in [-0.15, -0.1) is 0 Å². The number of para-hydroxylation sites is 1. The molecule has 176 valence electrons. The summed E-state index contributed by atoms with van der Waals surface area (Å²) in [6, 6.07) is 15.0. The summed E-state index contributed by atoms with van der Waals surface area (Å²) in [7, 11) is 0. The molecule has 0 aromatic heterocycles. The van der Waals surface area contributed by atoms with E-state index in [-0.39, 0.29) is 42.4 Å². The van der Waals surface area contributed by atoms with Gasteiger partial charge in [0.05, 0.1) is 12.1 Å². The molecule has 4 rings (SSSR count). The molecule has 8 heteroatoms. The first-order valence-electron chi connectivity index (χ1n) is 11.3. The van der Waals surface area contributed by atoms with Crippen molar-refractivity contribution in [1.82, 2.24) is 9.80 Å². The molecule has 1 heterocycles.